The average molecular weight is 420 g/mol. The summed E-state index contributed by atoms with van der Waals surface area (Å²) in [5.74, 6) is -0.502. The van der Waals surface area contributed by atoms with Gasteiger partial charge in [-0.2, -0.15) is 0 Å². The van der Waals surface area contributed by atoms with E-state index in [9.17, 15) is 9.59 Å². The molecule has 1 saturated heterocycles. The fourth-order valence-corrected chi connectivity index (χ4v) is 3.75. The van der Waals surface area contributed by atoms with Gasteiger partial charge < -0.3 is 9.64 Å². The first-order valence-corrected chi connectivity index (χ1v) is 10.3. The molecule has 3 aromatic carbocycles. The van der Waals surface area contributed by atoms with Crippen molar-refractivity contribution in [2.24, 2.45) is 5.92 Å². The number of ether oxygens (including phenoxy) is 1. The molecule has 1 heterocycles. The summed E-state index contributed by atoms with van der Waals surface area (Å²) in [5.41, 5.74) is 4.01. The molecule has 1 aliphatic heterocycles. The first-order chi connectivity index (χ1) is 14.5. The zero-order chi connectivity index (χ0) is 21.1. The van der Waals surface area contributed by atoms with Gasteiger partial charge in [-0.1, -0.05) is 60.1 Å². The molecule has 3 aromatic rings. The zero-order valence-corrected chi connectivity index (χ0v) is 17.4. The normalized spacial score (nSPS) is 16.0. The number of amides is 1. The van der Waals surface area contributed by atoms with Crippen LogP contribution in [0.1, 0.15) is 23.1 Å². The van der Waals surface area contributed by atoms with Crippen molar-refractivity contribution in [3.63, 3.8) is 0 Å². The van der Waals surface area contributed by atoms with Crippen molar-refractivity contribution in [3.8, 4) is 5.75 Å². The third-order valence-corrected chi connectivity index (χ3v) is 5.73. The van der Waals surface area contributed by atoms with Crippen LogP contribution in [0.15, 0.2) is 72.8 Å². The molecule has 0 N–H and O–H groups in total. The van der Waals surface area contributed by atoms with Crippen LogP contribution in [-0.4, -0.2) is 18.4 Å². The maximum Gasteiger partial charge on any atom is 0.316 e. The molecule has 0 spiro atoms. The molecule has 5 heteroatoms. The Kier molecular flexibility index (Phi) is 5.86. The maximum absolute atomic E-state index is 12.6. The van der Waals surface area contributed by atoms with Gasteiger partial charge in [0.15, 0.2) is 0 Å². The van der Waals surface area contributed by atoms with E-state index in [1.165, 1.54) is 5.56 Å². The third kappa shape index (κ3) is 4.55. The Morgan fingerprint density at radius 3 is 2.43 bits per heavy atom. The number of hydrogen-bond donors (Lipinski definition) is 0. The van der Waals surface area contributed by atoms with E-state index in [4.69, 9.17) is 16.3 Å². The van der Waals surface area contributed by atoms with Crippen LogP contribution in [0.5, 0.6) is 5.75 Å². The number of benzene rings is 3. The summed E-state index contributed by atoms with van der Waals surface area (Å²) in [4.78, 5) is 26.6. The van der Waals surface area contributed by atoms with Crippen molar-refractivity contribution in [2.75, 3.05) is 11.4 Å². The van der Waals surface area contributed by atoms with E-state index >= 15 is 0 Å². The topological polar surface area (TPSA) is 46.6 Å². The quantitative estimate of drug-likeness (QED) is 0.422. The maximum atomic E-state index is 12.6. The summed E-state index contributed by atoms with van der Waals surface area (Å²) in [5, 5.41) is 0.599. The fraction of sp³-hybridized carbons (Fsp3) is 0.200. The lowest BCUT2D eigenvalue weighted by molar-refractivity contribution is -0.139. The lowest BCUT2D eigenvalue weighted by atomic mass is 10.1. The molecule has 0 unspecified atom stereocenters. The van der Waals surface area contributed by atoms with E-state index in [0.717, 1.165) is 17.5 Å². The molecule has 30 heavy (non-hydrogen) atoms. The molecule has 1 fully saturated rings. The second-order valence-electron chi connectivity index (χ2n) is 7.57. The number of hydrogen-bond acceptors (Lipinski definition) is 3. The van der Waals surface area contributed by atoms with Crippen molar-refractivity contribution < 1.29 is 14.3 Å². The Labute approximate surface area is 181 Å². The van der Waals surface area contributed by atoms with Crippen LogP contribution in [0.25, 0.3) is 0 Å². The SMILES string of the molecule is Cc1ccc(N2C[C@@H](C(=O)Oc3ccc(Cc4ccccc4)cc3)CC2=O)cc1Cl. The Balaban J connectivity index is 1.38. The van der Waals surface area contributed by atoms with Gasteiger partial charge in [0.2, 0.25) is 5.91 Å². The van der Waals surface area contributed by atoms with Gasteiger partial charge >= 0.3 is 5.97 Å². The van der Waals surface area contributed by atoms with Crippen molar-refractivity contribution in [1.29, 1.82) is 0 Å². The summed E-state index contributed by atoms with van der Waals surface area (Å²) >= 11 is 6.18. The molecule has 4 nitrogen and oxygen atoms in total. The second kappa shape index (κ2) is 8.72. The number of carbonyl (C=O) groups excluding carboxylic acids is 2. The van der Waals surface area contributed by atoms with E-state index in [1.54, 1.807) is 23.1 Å². The smallest absolute Gasteiger partial charge is 0.316 e. The standard InChI is InChI=1S/C25H22ClNO3/c1-17-7-10-21(15-23(17)26)27-16-20(14-24(27)28)25(29)30-22-11-8-19(9-12-22)13-18-5-3-2-4-6-18/h2-12,15,20H,13-14,16H2,1H3/t20-/m0/s1. The van der Waals surface area contributed by atoms with E-state index in [0.29, 0.717) is 23.0 Å². The molecule has 1 amide bonds. The largest absolute Gasteiger partial charge is 0.426 e. The first kappa shape index (κ1) is 20.2. The van der Waals surface area contributed by atoms with Crippen LogP contribution in [-0.2, 0) is 16.0 Å². The summed E-state index contributed by atoms with van der Waals surface area (Å²) in [6.07, 6.45) is 0.955. The fourth-order valence-electron chi connectivity index (χ4n) is 3.57. The minimum absolute atomic E-state index is 0.102. The van der Waals surface area contributed by atoms with Crippen LogP contribution in [0.4, 0.5) is 5.69 Å². The van der Waals surface area contributed by atoms with Gasteiger partial charge in [0.25, 0.3) is 0 Å². The highest BCUT2D eigenvalue weighted by Crippen LogP contribution is 2.29. The second-order valence-corrected chi connectivity index (χ2v) is 7.97. The van der Waals surface area contributed by atoms with Crippen molar-refractivity contribution in [3.05, 3.63) is 94.5 Å². The first-order valence-electron chi connectivity index (χ1n) is 9.90. The minimum atomic E-state index is -0.499. The zero-order valence-electron chi connectivity index (χ0n) is 16.7. The van der Waals surface area contributed by atoms with Gasteiger partial charge in [-0.3, -0.25) is 9.59 Å². The van der Waals surface area contributed by atoms with Crippen molar-refractivity contribution >= 4 is 29.2 Å². The Morgan fingerprint density at radius 1 is 1.03 bits per heavy atom. The molecule has 152 valence electrons. The number of carbonyl (C=O) groups is 2. The molecular formula is C25H22ClNO3. The lowest BCUT2D eigenvalue weighted by Gasteiger charge is -2.17. The number of halogens is 1. The molecule has 0 bridgehead atoms. The predicted octanol–water partition coefficient (Wildman–Crippen LogP) is 5.20. The lowest BCUT2D eigenvalue weighted by Crippen LogP contribution is -2.27. The van der Waals surface area contributed by atoms with E-state index in [2.05, 4.69) is 12.1 Å². The predicted molar refractivity (Wildman–Crippen MR) is 118 cm³/mol. The number of esters is 1. The summed E-state index contributed by atoms with van der Waals surface area (Å²) in [6, 6.07) is 23.2. The third-order valence-electron chi connectivity index (χ3n) is 5.32. The van der Waals surface area contributed by atoms with E-state index < -0.39 is 5.92 Å². The van der Waals surface area contributed by atoms with Crippen molar-refractivity contribution in [2.45, 2.75) is 19.8 Å². The van der Waals surface area contributed by atoms with Gasteiger partial charge in [-0.25, -0.2) is 0 Å². The Morgan fingerprint density at radius 2 is 1.73 bits per heavy atom. The van der Waals surface area contributed by atoms with Gasteiger partial charge in [-0.15, -0.1) is 0 Å². The van der Waals surface area contributed by atoms with Gasteiger partial charge in [-0.05, 0) is 54.3 Å². The Bertz CT molecular complexity index is 1060. The molecule has 0 radical (unpaired) electrons. The highest BCUT2D eigenvalue weighted by atomic mass is 35.5. The van der Waals surface area contributed by atoms with Gasteiger partial charge in [0, 0.05) is 23.7 Å². The van der Waals surface area contributed by atoms with E-state index in [-0.39, 0.29) is 18.3 Å². The molecule has 0 aliphatic carbocycles. The number of rotatable bonds is 5. The molecule has 1 atom stereocenters. The van der Waals surface area contributed by atoms with Crippen molar-refractivity contribution in [1.82, 2.24) is 0 Å². The summed E-state index contributed by atoms with van der Waals surface area (Å²) in [6.45, 7) is 2.20. The summed E-state index contributed by atoms with van der Waals surface area (Å²) in [7, 11) is 0. The molecule has 0 aromatic heterocycles. The van der Waals surface area contributed by atoms with Gasteiger partial charge in [0.1, 0.15) is 5.75 Å². The molecule has 4 rings (SSSR count). The summed E-state index contributed by atoms with van der Waals surface area (Å²) < 4.78 is 5.54. The van der Waals surface area contributed by atoms with Gasteiger partial charge in [0.05, 0.1) is 5.92 Å². The van der Waals surface area contributed by atoms with Crippen LogP contribution in [0.3, 0.4) is 0 Å². The highest BCUT2D eigenvalue weighted by molar-refractivity contribution is 6.31. The average Bonchev–Trinajstić information content (AvgIpc) is 3.14. The minimum Gasteiger partial charge on any atom is -0.426 e. The Hall–Kier alpha value is -3.11. The van der Waals surface area contributed by atoms with Crippen LogP contribution < -0.4 is 9.64 Å². The number of nitrogens with zero attached hydrogens (tertiary/aromatic N) is 1. The molecule has 0 saturated carbocycles. The van der Waals surface area contributed by atoms with E-state index in [1.807, 2.05) is 49.4 Å². The number of aryl methyl sites for hydroxylation is 1. The molecular weight excluding hydrogens is 398 g/mol. The van der Waals surface area contributed by atoms with Crippen LogP contribution in [0.2, 0.25) is 5.02 Å². The monoisotopic (exact) mass is 419 g/mol. The molecule has 1 aliphatic rings. The highest BCUT2D eigenvalue weighted by Gasteiger charge is 2.36. The van der Waals surface area contributed by atoms with Crippen LogP contribution in [0, 0.1) is 12.8 Å². The van der Waals surface area contributed by atoms with Crippen LogP contribution >= 0.6 is 11.6 Å². The number of anilines is 1.